The van der Waals surface area contributed by atoms with E-state index in [0.29, 0.717) is 0 Å². The molecular formula is C6H15N5O. The number of nitrogens with one attached hydrogen (secondary N) is 1. The molecule has 0 amide bonds. The van der Waals surface area contributed by atoms with Gasteiger partial charge in [-0.1, -0.05) is 12.6 Å². The van der Waals surface area contributed by atoms with Crippen molar-refractivity contribution in [2.24, 2.45) is 10.9 Å². The molecule has 1 heterocycles. The zero-order valence-electron chi connectivity index (χ0n) is 6.44. The van der Waals surface area contributed by atoms with E-state index in [9.17, 15) is 0 Å². The minimum absolute atomic E-state index is 0. The predicted molar refractivity (Wildman–Crippen MR) is 46.9 cm³/mol. The van der Waals surface area contributed by atoms with Gasteiger partial charge in [0.1, 0.15) is 18.0 Å². The first-order valence-electron chi connectivity index (χ1n) is 2.93. The molecule has 0 saturated carbocycles. The van der Waals surface area contributed by atoms with Gasteiger partial charge in [-0.2, -0.15) is 5.10 Å². The third kappa shape index (κ3) is 8.41. The van der Waals surface area contributed by atoms with Crippen LogP contribution >= 0.6 is 0 Å². The van der Waals surface area contributed by atoms with Crippen LogP contribution in [0.25, 0.3) is 0 Å². The Bertz CT molecular complexity index is 202. The van der Waals surface area contributed by atoms with Crippen LogP contribution in [0.3, 0.4) is 0 Å². The predicted octanol–water partition coefficient (Wildman–Crippen LogP) is 0.502. The van der Waals surface area contributed by atoms with E-state index in [1.807, 2.05) is 6.92 Å². The molecule has 0 aliphatic carbocycles. The van der Waals surface area contributed by atoms with Crippen molar-refractivity contribution in [1.29, 1.82) is 0 Å². The van der Waals surface area contributed by atoms with Crippen LogP contribution < -0.4 is 5.73 Å². The Balaban J connectivity index is 0. The largest absolute Gasteiger partial charge is 0.409 e. The van der Waals surface area contributed by atoms with Gasteiger partial charge in [-0.05, 0) is 13.8 Å². The van der Waals surface area contributed by atoms with Crippen LogP contribution in [0.5, 0.6) is 0 Å². The molecule has 1 rings (SSSR count). The van der Waals surface area contributed by atoms with E-state index in [0.717, 1.165) is 5.82 Å². The number of oxime groups is 1. The summed E-state index contributed by atoms with van der Waals surface area (Å²) in [4.78, 5) is 3.75. The van der Waals surface area contributed by atoms with Crippen molar-refractivity contribution in [1.82, 2.24) is 15.2 Å². The van der Waals surface area contributed by atoms with Crippen molar-refractivity contribution < 1.29 is 5.21 Å². The first-order chi connectivity index (χ1) is 5.16. The summed E-state index contributed by atoms with van der Waals surface area (Å²) in [5.74, 6) is 1.04. The van der Waals surface area contributed by atoms with Gasteiger partial charge in [0.05, 0.1) is 0 Å². The van der Waals surface area contributed by atoms with Gasteiger partial charge in [-0.25, -0.2) is 4.98 Å². The third-order valence-corrected chi connectivity index (χ3v) is 0.693. The Kier molecular flexibility index (Phi) is 8.16. The summed E-state index contributed by atoms with van der Waals surface area (Å²) in [5.41, 5.74) is 4.79. The van der Waals surface area contributed by atoms with E-state index < -0.39 is 0 Å². The molecule has 0 spiro atoms. The Morgan fingerprint density at radius 3 is 2.33 bits per heavy atom. The van der Waals surface area contributed by atoms with Crippen molar-refractivity contribution in [3.05, 3.63) is 12.2 Å². The van der Waals surface area contributed by atoms with E-state index in [2.05, 4.69) is 20.3 Å². The lowest BCUT2D eigenvalue weighted by Gasteiger charge is -1.73. The number of hydrogen-bond acceptors (Lipinski definition) is 4. The molecule has 6 heteroatoms. The smallest absolute Gasteiger partial charge is 0.137 e. The third-order valence-electron chi connectivity index (χ3n) is 0.693. The average Bonchev–Trinajstić information content (AvgIpc) is 2.41. The highest BCUT2D eigenvalue weighted by Gasteiger charge is 1.75. The number of aromatic amines is 1. The number of nitrogens with two attached hydrogens (primary N) is 1. The molecule has 0 aliphatic heterocycles. The maximum atomic E-state index is 7.61. The van der Waals surface area contributed by atoms with Crippen LogP contribution in [0.15, 0.2) is 11.5 Å². The Morgan fingerprint density at radius 2 is 2.25 bits per heavy atom. The minimum Gasteiger partial charge on any atom is -0.409 e. The van der Waals surface area contributed by atoms with E-state index in [-0.39, 0.29) is 13.3 Å². The van der Waals surface area contributed by atoms with E-state index in [4.69, 9.17) is 10.9 Å². The molecule has 1 aromatic rings. The minimum atomic E-state index is 0. The molecular weight excluding hydrogens is 158 g/mol. The maximum absolute atomic E-state index is 7.61. The number of rotatable bonds is 0. The lowest BCUT2D eigenvalue weighted by Crippen LogP contribution is -2.03. The highest BCUT2D eigenvalue weighted by Crippen LogP contribution is 1.73. The molecule has 0 unspecified atom stereocenters. The quantitative estimate of drug-likeness (QED) is 0.230. The van der Waals surface area contributed by atoms with Crippen LogP contribution in [-0.2, 0) is 0 Å². The molecule has 0 aromatic carbocycles. The molecule has 4 N–H and O–H groups in total. The molecule has 0 radical (unpaired) electrons. The molecule has 0 bridgehead atoms. The zero-order chi connectivity index (χ0) is 8.69. The monoisotopic (exact) mass is 173 g/mol. The second-order valence-corrected chi connectivity index (χ2v) is 1.81. The second kappa shape index (κ2) is 7.52. The fourth-order valence-electron chi connectivity index (χ4n) is 0.267. The summed E-state index contributed by atoms with van der Waals surface area (Å²) in [6.07, 6.45) is 1.48. The molecule has 0 aliphatic rings. The van der Waals surface area contributed by atoms with Gasteiger partial charge in [-0.15, -0.1) is 0 Å². The summed E-state index contributed by atoms with van der Waals surface area (Å²) in [6.45, 7) is 3.35. The first kappa shape index (κ1) is 13.0. The van der Waals surface area contributed by atoms with Gasteiger partial charge in [0.2, 0.25) is 0 Å². The summed E-state index contributed by atoms with van der Waals surface area (Å²) in [6, 6.07) is 0. The van der Waals surface area contributed by atoms with Gasteiger partial charge < -0.3 is 10.9 Å². The Labute approximate surface area is 71.5 Å². The normalized spacial score (nSPS) is 9.33. The van der Waals surface area contributed by atoms with Crippen LogP contribution in [0.2, 0.25) is 0 Å². The molecule has 0 saturated heterocycles. The van der Waals surface area contributed by atoms with Gasteiger partial charge in [0.25, 0.3) is 0 Å². The van der Waals surface area contributed by atoms with Crippen LogP contribution in [-0.4, -0.2) is 26.2 Å². The highest BCUT2D eigenvalue weighted by atomic mass is 16.4. The van der Waals surface area contributed by atoms with Crippen molar-refractivity contribution in [3.8, 4) is 0 Å². The van der Waals surface area contributed by atoms with Crippen molar-refractivity contribution in [2.45, 2.75) is 21.3 Å². The highest BCUT2D eigenvalue weighted by molar-refractivity contribution is 5.76. The van der Waals surface area contributed by atoms with E-state index in [1.165, 1.54) is 13.3 Å². The molecule has 1 aromatic heterocycles. The van der Waals surface area contributed by atoms with E-state index in [1.54, 1.807) is 0 Å². The number of H-pyrrole nitrogens is 1. The molecule has 70 valence electrons. The second-order valence-electron chi connectivity index (χ2n) is 1.81. The molecule has 0 fully saturated rings. The molecule has 6 nitrogen and oxygen atoms in total. The standard InChI is InChI=1S/C3H5N3.C2H6N2O.CH4/c1-3-4-2-5-6-3;1-2(3)4-5;/h2H,1H3,(H,4,5,6);5H,1H3,(H2,3,4);1H4. The topological polar surface area (TPSA) is 100 Å². The summed E-state index contributed by atoms with van der Waals surface area (Å²) in [5, 5.41) is 16.4. The summed E-state index contributed by atoms with van der Waals surface area (Å²) < 4.78 is 0. The van der Waals surface area contributed by atoms with E-state index >= 15 is 0 Å². The van der Waals surface area contributed by atoms with Crippen LogP contribution in [0, 0.1) is 6.92 Å². The number of nitrogens with zero attached hydrogens (tertiary/aromatic N) is 3. The Morgan fingerprint density at radius 1 is 1.75 bits per heavy atom. The van der Waals surface area contributed by atoms with Gasteiger partial charge >= 0.3 is 0 Å². The SMILES string of the molecule is C.C/C(N)=N/O.Cc1ncn[nH]1. The summed E-state index contributed by atoms with van der Waals surface area (Å²) in [7, 11) is 0. The fraction of sp³-hybridized carbons (Fsp3) is 0.500. The van der Waals surface area contributed by atoms with Crippen LogP contribution in [0.1, 0.15) is 20.2 Å². The number of hydrogen-bond donors (Lipinski definition) is 3. The molecule has 12 heavy (non-hydrogen) atoms. The van der Waals surface area contributed by atoms with Crippen LogP contribution in [0.4, 0.5) is 0 Å². The van der Waals surface area contributed by atoms with Gasteiger partial charge in [0.15, 0.2) is 0 Å². The Hall–Kier alpha value is -1.59. The van der Waals surface area contributed by atoms with Gasteiger partial charge in [-0.3, -0.25) is 5.10 Å². The lowest BCUT2D eigenvalue weighted by molar-refractivity contribution is 0.318. The number of aryl methyl sites for hydroxylation is 1. The van der Waals surface area contributed by atoms with Crippen molar-refractivity contribution in [3.63, 3.8) is 0 Å². The summed E-state index contributed by atoms with van der Waals surface area (Å²) >= 11 is 0. The zero-order valence-corrected chi connectivity index (χ0v) is 6.44. The number of aromatic nitrogens is 3. The fourth-order valence-corrected chi connectivity index (χ4v) is 0.267. The number of amidine groups is 1. The average molecular weight is 173 g/mol. The lowest BCUT2D eigenvalue weighted by atomic mass is 10.7. The molecule has 0 atom stereocenters. The van der Waals surface area contributed by atoms with Gasteiger partial charge in [0, 0.05) is 0 Å². The maximum Gasteiger partial charge on any atom is 0.137 e. The van der Waals surface area contributed by atoms with Crippen molar-refractivity contribution in [2.75, 3.05) is 0 Å². The first-order valence-corrected chi connectivity index (χ1v) is 2.93. The van der Waals surface area contributed by atoms with Crippen molar-refractivity contribution >= 4 is 5.84 Å².